The van der Waals surface area contributed by atoms with Gasteiger partial charge in [-0.05, 0) is 25.5 Å². The van der Waals surface area contributed by atoms with E-state index in [-0.39, 0.29) is 0 Å². The number of benzene rings is 1. The van der Waals surface area contributed by atoms with E-state index in [0.717, 1.165) is 25.3 Å². The van der Waals surface area contributed by atoms with E-state index < -0.39 is 0 Å². The van der Waals surface area contributed by atoms with Crippen LogP contribution in [0, 0.1) is 6.92 Å². The number of hydrogen-bond donors (Lipinski definition) is 1. The minimum atomic E-state index is 0.375. The molecule has 1 heterocycles. The van der Waals surface area contributed by atoms with E-state index in [9.17, 15) is 0 Å². The van der Waals surface area contributed by atoms with Crippen molar-refractivity contribution in [1.29, 1.82) is 0 Å². The Kier molecular flexibility index (Phi) is 4.79. The van der Waals surface area contributed by atoms with Crippen LogP contribution in [0.5, 0.6) is 5.75 Å². The van der Waals surface area contributed by atoms with Crippen LogP contribution in [-0.2, 0) is 0 Å². The first kappa shape index (κ1) is 13.1. The minimum Gasteiger partial charge on any atom is -0.492 e. The van der Waals surface area contributed by atoms with Crippen LogP contribution >= 0.6 is 0 Å². The molecule has 0 fully saturated rings. The lowest BCUT2D eigenvalue weighted by molar-refractivity contribution is 0.180. The summed E-state index contributed by atoms with van der Waals surface area (Å²) in [6, 6.07) is 8.56. The molecule has 1 aromatic carbocycles. The van der Waals surface area contributed by atoms with Crippen molar-refractivity contribution in [2.75, 3.05) is 26.2 Å². The van der Waals surface area contributed by atoms with Gasteiger partial charge >= 0.3 is 0 Å². The van der Waals surface area contributed by atoms with Crippen molar-refractivity contribution in [2.24, 2.45) is 5.73 Å². The van der Waals surface area contributed by atoms with Crippen molar-refractivity contribution >= 4 is 0 Å². The molecule has 1 atom stereocenters. The highest BCUT2D eigenvalue weighted by molar-refractivity contribution is 5.26. The molecule has 0 saturated heterocycles. The predicted octanol–water partition coefficient (Wildman–Crippen LogP) is 1.96. The topological polar surface area (TPSA) is 38.5 Å². The Labute approximate surface area is 109 Å². The van der Waals surface area contributed by atoms with Crippen LogP contribution in [0.4, 0.5) is 0 Å². The highest BCUT2D eigenvalue weighted by Gasteiger charge is 2.16. The van der Waals surface area contributed by atoms with Crippen LogP contribution in [0.2, 0.25) is 0 Å². The molecule has 18 heavy (non-hydrogen) atoms. The second kappa shape index (κ2) is 6.57. The second-order valence-corrected chi connectivity index (χ2v) is 4.72. The first-order valence-corrected chi connectivity index (χ1v) is 6.60. The quantitative estimate of drug-likeness (QED) is 0.807. The van der Waals surface area contributed by atoms with Gasteiger partial charge in [-0.1, -0.05) is 29.8 Å². The Morgan fingerprint density at radius 3 is 2.83 bits per heavy atom. The normalized spacial score (nSPS) is 20.0. The monoisotopic (exact) mass is 246 g/mol. The molecule has 1 aromatic rings. The van der Waals surface area contributed by atoms with Gasteiger partial charge in [0.1, 0.15) is 12.4 Å². The zero-order chi connectivity index (χ0) is 12.8. The highest BCUT2D eigenvalue weighted by atomic mass is 16.5. The molecule has 1 unspecified atom stereocenters. The largest absolute Gasteiger partial charge is 0.492 e. The number of nitrogens with zero attached hydrogens (tertiary/aromatic N) is 1. The van der Waals surface area contributed by atoms with E-state index in [1.807, 2.05) is 12.1 Å². The molecule has 1 aliphatic heterocycles. The van der Waals surface area contributed by atoms with Gasteiger partial charge in [0, 0.05) is 25.7 Å². The van der Waals surface area contributed by atoms with Gasteiger partial charge in [-0.3, -0.25) is 4.90 Å². The lowest BCUT2D eigenvalue weighted by atomic mass is 10.1. The summed E-state index contributed by atoms with van der Waals surface area (Å²) in [5, 5.41) is 0. The van der Waals surface area contributed by atoms with Gasteiger partial charge in [0.25, 0.3) is 0 Å². The summed E-state index contributed by atoms with van der Waals surface area (Å²) in [4.78, 5) is 2.38. The maximum absolute atomic E-state index is 5.76. The average Bonchev–Trinajstić information content (AvgIpc) is 2.41. The molecule has 0 aromatic heterocycles. The Bertz CT molecular complexity index is 386. The summed E-state index contributed by atoms with van der Waals surface area (Å²) >= 11 is 0. The third-order valence-corrected chi connectivity index (χ3v) is 3.32. The fourth-order valence-electron chi connectivity index (χ4n) is 2.20. The van der Waals surface area contributed by atoms with E-state index in [2.05, 4.69) is 36.1 Å². The van der Waals surface area contributed by atoms with Gasteiger partial charge < -0.3 is 10.5 Å². The molecule has 0 amide bonds. The number of nitrogens with two attached hydrogens (primary N) is 1. The Balaban J connectivity index is 1.78. The van der Waals surface area contributed by atoms with E-state index in [4.69, 9.17) is 10.5 Å². The molecule has 1 aliphatic rings. The van der Waals surface area contributed by atoms with E-state index in [1.165, 1.54) is 5.56 Å². The average molecular weight is 246 g/mol. The molecule has 3 heteroatoms. The molecule has 0 radical (unpaired) electrons. The van der Waals surface area contributed by atoms with Crippen molar-refractivity contribution in [3.05, 3.63) is 42.0 Å². The van der Waals surface area contributed by atoms with Crippen molar-refractivity contribution in [3.63, 3.8) is 0 Å². The maximum Gasteiger partial charge on any atom is 0.119 e. The number of ether oxygens (including phenoxy) is 1. The van der Waals surface area contributed by atoms with Gasteiger partial charge in [-0.25, -0.2) is 0 Å². The number of aryl methyl sites for hydroxylation is 1. The predicted molar refractivity (Wildman–Crippen MR) is 74.8 cm³/mol. The molecule has 3 nitrogen and oxygen atoms in total. The van der Waals surface area contributed by atoms with Gasteiger partial charge in [0.15, 0.2) is 0 Å². The summed E-state index contributed by atoms with van der Waals surface area (Å²) < 4.78 is 5.75. The first-order chi connectivity index (χ1) is 8.79. The molecule has 0 spiro atoms. The minimum absolute atomic E-state index is 0.375. The number of hydrogen-bond acceptors (Lipinski definition) is 3. The van der Waals surface area contributed by atoms with Gasteiger partial charge in [-0.15, -0.1) is 0 Å². The maximum atomic E-state index is 5.76. The lowest BCUT2D eigenvalue weighted by Crippen LogP contribution is -2.43. The Morgan fingerprint density at radius 1 is 1.33 bits per heavy atom. The SMILES string of the molecule is Cc1ccc(OCCN2CCC=CC2CN)cc1. The van der Waals surface area contributed by atoms with Crippen LogP contribution < -0.4 is 10.5 Å². The third-order valence-electron chi connectivity index (χ3n) is 3.32. The van der Waals surface area contributed by atoms with Gasteiger partial charge in [0.05, 0.1) is 0 Å². The summed E-state index contributed by atoms with van der Waals surface area (Å²) in [7, 11) is 0. The van der Waals surface area contributed by atoms with Gasteiger partial charge in [-0.2, -0.15) is 0 Å². The molecule has 0 aliphatic carbocycles. The first-order valence-electron chi connectivity index (χ1n) is 6.60. The van der Waals surface area contributed by atoms with Gasteiger partial charge in [0.2, 0.25) is 0 Å². The third kappa shape index (κ3) is 3.59. The Morgan fingerprint density at radius 2 is 2.11 bits per heavy atom. The fraction of sp³-hybridized carbons (Fsp3) is 0.467. The van der Waals surface area contributed by atoms with Crippen LogP contribution in [0.1, 0.15) is 12.0 Å². The van der Waals surface area contributed by atoms with Crippen molar-refractivity contribution < 1.29 is 4.74 Å². The van der Waals surface area contributed by atoms with E-state index >= 15 is 0 Å². The van der Waals surface area contributed by atoms with E-state index in [0.29, 0.717) is 19.2 Å². The standard InChI is InChI=1S/C15H22N2O/c1-13-5-7-15(8-6-13)18-11-10-17-9-3-2-4-14(17)12-16/h2,4-8,14H,3,9-12,16H2,1H3. The van der Waals surface area contributed by atoms with Crippen LogP contribution in [-0.4, -0.2) is 37.2 Å². The lowest BCUT2D eigenvalue weighted by Gasteiger charge is -2.31. The fourth-order valence-corrected chi connectivity index (χ4v) is 2.20. The Hall–Kier alpha value is -1.32. The second-order valence-electron chi connectivity index (χ2n) is 4.72. The zero-order valence-corrected chi connectivity index (χ0v) is 11.0. The zero-order valence-electron chi connectivity index (χ0n) is 11.0. The summed E-state index contributed by atoms with van der Waals surface area (Å²) in [6.07, 6.45) is 5.53. The summed E-state index contributed by atoms with van der Waals surface area (Å²) in [5.41, 5.74) is 7.02. The molecule has 0 bridgehead atoms. The van der Waals surface area contributed by atoms with E-state index in [1.54, 1.807) is 0 Å². The van der Waals surface area contributed by atoms with Crippen molar-refractivity contribution in [3.8, 4) is 5.75 Å². The summed E-state index contributed by atoms with van der Waals surface area (Å²) in [6.45, 7) is 5.49. The van der Waals surface area contributed by atoms with Crippen LogP contribution in [0.25, 0.3) is 0 Å². The molecular formula is C15H22N2O. The van der Waals surface area contributed by atoms with Crippen LogP contribution in [0.3, 0.4) is 0 Å². The van der Waals surface area contributed by atoms with Crippen LogP contribution in [0.15, 0.2) is 36.4 Å². The molecule has 0 saturated carbocycles. The molecular weight excluding hydrogens is 224 g/mol. The smallest absolute Gasteiger partial charge is 0.119 e. The molecule has 2 rings (SSSR count). The summed E-state index contributed by atoms with van der Waals surface area (Å²) in [5.74, 6) is 0.942. The molecule has 2 N–H and O–H groups in total. The number of rotatable bonds is 5. The molecule has 98 valence electrons. The highest BCUT2D eigenvalue weighted by Crippen LogP contribution is 2.12. The van der Waals surface area contributed by atoms with Crippen molar-refractivity contribution in [2.45, 2.75) is 19.4 Å². The van der Waals surface area contributed by atoms with Crippen molar-refractivity contribution in [1.82, 2.24) is 4.90 Å².